The topological polar surface area (TPSA) is 76.0 Å². The Morgan fingerprint density at radius 2 is 1.82 bits per heavy atom. The highest BCUT2D eigenvalue weighted by Crippen LogP contribution is 2.35. The molecule has 28 heavy (non-hydrogen) atoms. The highest BCUT2D eigenvalue weighted by atomic mass is 16.2. The summed E-state index contributed by atoms with van der Waals surface area (Å²) in [6.45, 7) is 3.35. The zero-order valence-corrected chi connectivity index (χ0v) is 16.2. The number of carbonyl (C=O) groups excluding carboxylic acids is 2. The van der Waals surface area contributed by atoms with Gasteiger partial charge < -0.3 is 9.88 Å². The van der Waals surface area contributed by atoms with Crippen molar-refractivity contribution in [1.82, 2.24) is 9.55 Å². The average Bonchev–Trinajstić information content (AvgIpc) is 3.30. The van der Waals surface area contributed by atoms with Gasteiger partial charge in [-0.3, -0.25) is 14.9 Å². The second-order valence-electron chi connectivity index (χ2n) is 7.40. The van der Waals surface area contributed by atoms with E-state index in [1.807, 2.05) is 31.2 Å². The van der Waals surface area contributed by atoms with E-state index < -0.39 is 0 Å². The number of hydrogen-bond donors (Lipinski definition) is 2. The van der Waals surface area contributed by atoms with Gasteiger partial charge in [0.1, 0.15) is 0 Å². The van der Waals surface area contributed by atoms with Crippen molar-refractivity contribution < 1.29 is 9.59 Å². The number of aromatic nitrogens is 2. The maximum atomic E-state index is 12.9. The number of hydrogen-bond acceptors (Lipinski definition) is 3. The van der Waals surface area contributed by atoms with E-state index >= 15 is 0 Å². The van der Waals surface area contributed by atoms with Crippen molar-refractivity contribution in [1.29, 1.82) is 0 Å². The Morgan fingerprint density at radius 3 is 2.57 bits per heavy atom. The van der Waals surface area contributed by atoms with Crippen molar-refractivity contribution in [3.05, 3.63) is 53.6 Å². The maximum absolute atomic E-state index is 12.9. The quantitative estimate of drug-likeness (QED) is 0.695. The molecule has 1 heterocycles. The molecule has 0 aliphatic heterocycles. The van der Waals surface area contributed by atoms with Crippen LogP contribution in [0.15, 0.2) is 42.5 Å². The Morgan fingerprint density at radius 1 is 1.07 bits per heavy atom. The minimum absolute atomic E-state index is 0.163. The largest absolute Gasteiger partial charge is 0.326 e. The molecular weight excluding hydrogens is 352 g/mol. The monoisotopic (exact) mass is 376 g/mol. The Bertz CT molecular complexity index is 1050. The Labute approximate surface area is 164 Å². The maximum Gasteiger partial charge on any atom is 0.258 e. The number of para-hydroxylation sites is 2. The number of rotatable bonds is 4. The molecule has 0 bridgehead atoms. The van der Waals surface area contributed by atoms with Crippen molar-refractivity contribution in [3.63, 3.8) is 0 Å². The first-order valence-electron chi connectivity index (χ1n) is 9.69. The number of benzene rings is 2. The summed E-state index contributed by atoms with van der Waals surface area (Å²) < 4.78 is 2.17. The molecule has 2 N–H and O–H groups in total. The number of fused-ring (bicyclic) bond motifs is 1. The Hall–Kier alpha value is -3.15. The fourth-order valence-corrected chi connectivity index (χ4v) is 3.93. The fourth-order valence-electron chi connectivity index (χ4n) is 3.93. The molecule has 1 aliphatic rings. The lowest BCUT2D eigenvalue weighted by molar-refractivity contribution is -0.114. The number of aryl methyl sites for hydroxylation is 1. The molecule has 1 saturated carbocycles. The predicted molar refractivity (Wildman–Crippen MR) is 111 cm³/mol. The summed E-state index contributed by atoms with van der Waals surface area (Å²) in [5.74, 6) is 0.185. The molecule has 1 aromatic heterocycles. The summed E-state index contributed by atoms with van der Waals surface area (Å²) >= 11 is 0. The van der Waals surface area contributed by atoms with Crippen molar-refractivity contribution in [2.24, 2.45) is 0 Å². The fraction of sp³-hybridized carbons (Fsp3) is 0.318. The van der Waals surface area contributed by atoms with Crippen molar-refractivity contribution in [2.75, 3.05) is 10.6 Å². The van der Waals surface area contributed by atoms with Gasteiger partial charge >= 0.3 is 0 Å². The molecule has 3 aromatic rings. The molecule has 1 fully saturated rings. The summed E-state index contributed by atoms with van der Waals surface area (Å²) in [6.07, 6.45) is 4.59. The number of amides is 2. The first-order chi connectivity index (χ1) is 13.5. The minimum Gasteiger partial charge on any atom is -0.326 e. The van der Waals surface area contributed by atoms with Crippen molar-refractivity contribution in [2.45, 2.75) is 45.6 Å². The lowest BCUT2D eigenvalue weighted by Gasteiger charge is -2.17. The van der Waals surface area contributed by atoms with Crippen LogP contribution >= 0.6 is 0 Å². The van der Waals surface area contributed by atoms with Crippen LogP contribution in [0.25, 0.3) is 11.0 Å². The normalized spacial score (nSPS) is 14.4. The molecular formula is C22H24N4O2. The van der Waals surface area contributed by atoms with Crippen LogP contribution in [0.4, 0.5) is 11.6 Å². The van der Waals surface area contributed by atoms with Crippen LogP contribution < -0.4 is 10.6 Å². The van der Waals surface area contributed by atoms with E-state index in [0.29, 0.717) is 23.2 Å². The second-order valence-corrected chi connectivity index (χ2v) is 7.40. The highest BCUT2D eigenvalue weighted by molar-refractivity contribution is 6.05. The number of anilines is 2. The highest BCUT2D eigenvalue weighted by Gasteiger charge is 2.23. The van der Waals surface area contributed by atoms with Gasteiger partial charge in [0, 0.05) is 24.2 Å². The minimum atomic E-state index is -0.235. The first kappa shape index (κ1) is 18.2. The van der Waals surface area contributed by atoms with Crippen LogP contribution in [0, 0.1) is 6.92 Å². The van der Waals surface area contributed by atoms with Crippen molar-refractivity contribution >= 4 is 34.5 Å². The van der Waals surface area contributed by atoms with Crippen LogP contribution in [0.3, 0.4) is 0 Å². The molecule has 0 spiro atoms. The van der Waals surface area contributed by atoms with Crippen LogP contribution in [-0.4, -0.2) is 21.4 Å². The zero-order valence-electron chi connectivity index (χ0n) is 16.2. The van der Waals surface area contributed by atoms with Gasteiger partial charge in [-0.1, -0.05) is 31.0 Å². The Balaban J connectivity index is 1.67. The zero-order chi connectivity index (χ0) is 19.7. The molecule has 0 atom stereocenters. The van der Waals surface area contributed by atoms with E-state index in [1.165, 1.54) is 19.8 Å². The summed E-state index contributed by atoms with van der Waals surface area (Å²) in [6, 6.07) is 13.6. The first-order valence-corrected chi connectivity index (χ1v) is 9.69. The number of imidazole rings is 1. The lowest BCUT2D eigenvalue weighted by atomic mass is 10.1. The molecule has 0 unspecified atom stereocenters. The smallest absolute Gasteiger partial charge is 0.258 e. The number of nitrogens with one attached hydrogen (secondary N) is 2. The van der Waals surface area contributed by atoms with E-state index in [-0.39, 0.29) is 11.8 Å². The van der Waals surface area contributed by atoms with E-state index in [4.69, 9.17) is 0 Å². The molecule has 0 saturated heterocycles. The summed E-state index contributed by atoms with van der Waals surface area (Å²) in [7, 11) is 0. The molecule has 6 nitrogen and oxygen atoms in total. The van der Waals surface area contributed by atoms with E-state index in [9.17, 15) is 9.59 Å². The third-order valence-electron chi connectivity index (χ3n) is 5.32. The molecule has 144 valence electrons. The third-order valence-corrected chi connectivity index (χ3v) is 5.32. The predicted octanol–water partition coefficient (Wildman–Crippen LogP) is 4.67. The lowest BCUT2D eigenvalue weighted by Crippen LogP contribution is -2.18. The number of carbonyl (C=O) groups is 2. The molecule has 4 rings (SSSR count). The third kappa shape index (κ3) is 3.50. The summed E-state index contributed by atoms with van der Waals surface area (Å²) in [4.78, 5) is 29.0. The van der Waals surface area contributed by atoms with Gasteiger partial charge in [0.05, 0.1) is 11.0 Å². The van der Waals surface area contributed by atoms with Gasteiger partial charge in [0.15, 0.2) is 0 Å². The SMILES string of the molecule is CC(=O)Nc1cc(C(=O)Nc2nc3ccccc3n2C2CCCC2)ccc1C. The standard InChI is InChI=1S/C22H24N4O2/c1-14-11-12-16(13-19(14)23-15(2)27)21(28)25-22-24-18-9-5-6-10-20(18)26(22)17-7-3-4-8-17/h5-6,9-13,17H,3-4,7-8H2,1-2H3,(H,23,27)(H,24,25,28). The number of nitrogens with zero attached hydrogens (tertiary/aromatic N) is 2. The molecule has 2 amide bonds. The molecule has 2 aromatic carbocycles. The second kappa shape index (κ2) is 7.46. The van der Waals surface area contributed by atoms with Gasteiger partial charge in [0.25, 0.3) is 5.91 Å². The Kier molecular flexibility index (Phi) is 4.86. The van der Waals surface area contributed by atoms with E-state index in [0.717, 1.165) is 29.4 Å². The molecule has 1 aliphatic carbocycles. The van der Waals surface area contributed by atoms with Crippen LogP contribution in [0.1, 0.15) is 54.6 Å². The molecule has 0 radical (unpaired) electrons. The van der Waals surface area contributed by atoms with Crippen molar-refractivity contribution in [3.8, 4) is 0 Å². The van der Waals surface area contributed by atoms with Gasteiger partial charge in [0.2, 0.25) is 11.9 Å². The van der Waals surface area contributed by atoms with Gasteiger partial charge in [-0.25, -0.2) is 4.98 Å². The van der Waals surface area contributed by atoms with E-state index in [1.54, 1.807) is 12.1 Å². The molecule has 6 heteroatoms. The van der Waals surface area contributed by atoms with E-state index in [2.05, 4.69) is 26.3 Å². The van der Waals surface area contributed by atoms with Crippen LogP contribution in [0.2, 0.25) is 0 Å². The van der Waals surface area contributed by atoms with Crippen LogP contribution in [0.5, 0.6) is 0 Å². The summed E-state index contributed by atoms with van der Waals surface area (Å²) in [5.41, 5.74) is 3.97. The van der Waals surface area contributed by atoms with Gasteiger partial charge in [-0.2, -0.15) is 0 Å². The summed E-state index contributed by atoms with van der Waals surface area (Å²) in [5, 5.41) is 5.76. The van der Waals surface area contributed by atoms with Gasteiger partial charge in [-0.15, -0.1) is 0 Å². The van der Waals surface area contributed by atoms with Gasteiger partial charge in [-0.05, 0) is 49.6 Å². The average molecular weight is 376 g/mol. The van der Waals surface area contributed by atoms with Crippen LogP contribution in [-0.2, 0) is 4.79 Å².